The van der Waals surface area contributed by atoms with Crippen LogP contribution in [0.4, 0.5) is 0 Å². The average molecular weight is 220 g/mol. The highest BCUT2D eigenvalue weighted by molar-refractivity contribution is 7.27. The molecule has 3 heteroatoms. The maximum atomic E-state index is 5.42. The highest BCUT2D eigenvalue weighted by atomic mass is 31.1. The van der Waals surface area contributed by atoms with E-state index in [-0.39, 0.29) is 10.5 Å². The zero-order chi connectivity index (χ0) is 10.3. The third kappa shape index (κ3) is 3.26. The minimum absolute atomic E-state index is 0. The number of benzene rings is 2. The Morgan fingerprint density at radius 2 is 1.07 bits per heavy atom. The molecule has 0 unspecified atom stereocenters. The first-order valence-electron chi connectivity index (χ1n) is 4.64. The van der Waals surface area contributed by atoms with Gasteiger partial charge in [-0.3, -0.25) is 0 Å². The Balaban J connectivity index is 0.00000128. The van der Waals surface area contributed by atoms with Gasteiger partial charge in [0.05, 0.1) is 0 Å². The number of hydrogen-bond acceptors (Lipinski definition) is 2. The van der Waals surface area contributed by atoms with E-state index in [1.807, 2.05) is 60.7 Å². The van der Waals surface area contributed by atoms with E-state index in [0.717, 1.165) is 11.5 Å². The molecule has 0 saturated carbocycles. The van der Waals surface area contributed by atoms with Crippen LogP contribution in [0.25, 0.3) is 0 Å². The fourth-order valence-electron chi connectivity index (χ4n) is 1.09. The van der Waals surface area contributed by atoms with Crippen LogP contribution in [-0.2, 0) is 0 Å². The topological polar surface area (TPSA) is 18.5 Å². The molecule has 0 bridgehead atoms. The average Bonchev–Trinajstić information content (AvgIpc) is 2.32. The van der Waals surface area contributed by atoms with Gasteiger partial charge in [0.2, 0.25) is 0 Å². The quantitative estimate of drug-likeness (QED) is 0.727. The van der Waals surface area contributed by atoms with Crippen LogP contribution in [0.3, 0.4) is 0 Å². The predicted molar refractivity (Wildman–Crippen MR) is 64.6 cm³/mol. The predicted octanol–water partition coefficient (Wildman–Crippen LogP) is 3.90. The smallest absolute Gasteiger partial charge is 0.275 e. The zero-order valence-electron chi connectivity index (χ0n) is 8.09. The van der Waals surface area contributed by atoms with Gasteiger partial charge in [-0.05, 0) is 24.3 Å². The van der Waals surface area contributed by atoms with E-state index in [2.05, 4.69) is 0 Å². The molecule has 2 rings (SSSR count). The van der Waals surface area contributed by atoms with Crippen LogP contribution in [0.5, 0.6) is 11.5 Å². The van der Waals surface area contributed by atoms with Crippen molar-refractivity contribution in [1.82, 2.24) is 0 Å². The summed E-state index contributed by atoms with van der Waals surface area (Å²) in [4.78, 5) is 0. The Labute approximate surface area is 92.3 Å². The molecule has 0 fully saturated rings. The van der Waals surface area contributed by atoms with Gasteiger partial charge in [0, 0.05) is 1.43 Å². The Morgan fingerprint density at radius 1 is 0.667 bits per heavy atom. The summed E-state index contributed by atoms with van der Waals surface area (Å²) >= 11 is 0. The van der Waals surface area contributed by atoms with Crippen LogP contribution >= 0.6 is 9.03 Å². The van der Waals surface area contributed by atoms with Crippen LogP contribution in [0, 0.1) is 0 Å². The molecule has 0 spiro atoms. The van der Waals surface area contributed by atoms with Crippen LogP contribution in [0.2, 0.25) is 0 Å². The molecular weight excluding hydrogens is 207 g/mol. The fourth-order valence-corrected chi connectivity index (χ4v) is 1.60. The fraction of sp³-hybridized carbons (Fsp3) is 0. The van der Waals surface area contributed by atoms with Crippen molar-refractivity contribution in [2.24, 2.45) is 0 Å². The van der Waals surface area contributed by atoms with E-state index in [9.17, 15) is 0 Å². The van der Waals surface area contributed by atoms with Gasteiger partial charge in [0.25, 0.3) is 9.03 Å². The molecule has 0 saturated heterocycles. The summed E-state index contributed by atoms with van der Waals surface area (Å²) in [5.74, 6) is 1.65. The molecular formula is C12H13O2P. The number of hydrogen-bond donors (Lipinski definition) is 0. The summed E-state index contributed by atoms with van der Waals surface area (Å²) in [5, 5.41) is 0. The first-order valence-corrected chi connectivity index (χ1v) is 5.45. The molecule has 0 aliphatic rings. The Kier molecular flexibility index (Phi) is 3.58. The van der Waals surface area contributed by atoms with E-state index in [1.165, 1.54) is 0 Å². The molecule has 0 radical (unpaired) electrons. The molecule has 0 aliphatic carbocycles. The summed E-state index contributed by atoms with van der Waals surface area (Å²) in [5.41, 5.74) is 0. The summed E-state index contributed by atoms with van der Waals surface area (Å²) in [6.07, 6.45) is 0. The lowest BCUT2D eigenvalue weighted by Gasteiger charge is -2.06. The van der Waals surface area contributed by atoms with E-state index in [4.69, 9.17) is 9.05 Å². The maximum Gasteiger partial charge on any atom is 0.275 e. The molecule has 0 aromatic heterocycles. The summed E-state index contributed by atoms with van der Waals surface area (Å²) in [6, 6.07) is 19.3. The van der Waals surface area contributed by atoms with Crippen LogP contribution in [0.1, 0.15) is 1.43 Å². The summed E-state index contributed by atoms with van der Waals surface area (Å²) < 4.78 is 10.8. The van der Waals surface area contributed by atoms with Gasteiger partial charge in [0.1, 0.15) is 11.5 Å². The second-order valence-corrected chi connectivity index (χ2v) is 3.49. The Morgan fingerprint density at radius 3 is 1.47 bits per heavy atom. The lowest BCUT2D eigenvalue weighted by molar-refractivity contribution is 0.516. The second-order valence-electron chi connectivity index (χ2n) is 2.91. The van der Waals surface area contributed by atoms with E-state index in [1.54, 1.807) is 0 Å². The number of para-hydroxylation sites is 2. The van der Waals surface area contributed by atoms with Crippen molar-refractivity contribution < 1.29 is 10.5 Å². The SMILES string of the molecule is [HH].c1ccc(OPOc2ccccc2)cc1. The molecule has 0 N–H and O–H groups in total. The van der Waals surface area contributed by atoms with E-state index >= 15 is 0 Å². The van der Waals surface area contributed by atoms with Gasteiger partial charge < -0.3 is 9.05 Å². The van der Waals surface area contributed by atoms with E-state index in [0.29, 0.717) is 0 Å². The van der Waals surface area contributed by atoms with Crippen LogP contribution in [-0.4, -0.2) is 0 Å². The maximum absolute atomic E-state index is 5.42. The van der Waals surface area contributed by atoms with Crippen molar-refractivity contribution in [1.29, 1.82) is 0 Å². The Hall–Kier alpha value is -1.53. The van der Waals surface area contributed by atoms with Gasteiger partial charge in [-0.2, -0.15) is 0 Å². The van der Waals surface area contributed by atoms with Gasteiger partial charge in [-0.25, -0.2) is 0 Å². The Bertz CT molecular complexity index is 355. The van der Waals surface area contributed by atoms with Crippen LogP contribution < -0.4 is 9.05 Å². The molecule has 2 nitrogen and oxygen atoms in total. The summed E-state index contributed by atoms with van der Waals surface area (Å²) in [7, 11) is -0.0129. The molecule has 0 atom stereocenters. The highest BCUT2D eigenvalue weighted by Gasteiger charge is 1.93. The van der Waals surface area contributed by atoms with Crippen molar-refractivity contribution in [3.63, 3.8) is 0 Å². The van der Waals surface area contributed by atoms with Crippen molar-refractivity contribution >= 4 is 9.03 Å². The monoisotopic (exact) mass is 220 g/mol. The third-order valence-corrected chi connectivity index (χ3v) is 2.44. The molecule has 2 aromatic rings. The van der Waals surface area contributed by atoms with Gasteiger partial charge >= 0.3 is 0 Å². The molecule has 78 valence electrons. The van der Waals surface area contributed by atoms with Crippen molar-refractivity contribution in [3.8, 4) is 11.5 Å². The first-order chi connectivity index (χ1) is 7.45. The van der Waals surface area contributed by atoms with Gasteiger partial charge in [0.15, 0.2) is 0 Å². The zero-order valence-corrected chi connectivity index (χ0v) is 9.09. The largest absolute Gasteiger partial charge is 0.441 e. The standard InChI is InChI=1S/C12H11O2P.H2/c1-3-7-11(8-4-1)13-15-14-12-9-5-2-6-10-12;/h1-10,15H;1H. The molecule has 15 heavy (non-hydrogen) atoms. The van der Waals surface area contributed by atoms with Crippen molar-refractivity contribution in [2.75, 3.05) is 0 Å². The molecule has 2 aromatic carbocycles. The summed E-state index contributed by atoms with van der Waals surface area (Å²) in [6.45, 7) is 0. The van der Waals surface area contributed by atoms with Crippen LogP contribution in [0.15, 0.2) is 60.7 Å². The molecule has 0 amide bonds. The van der Waals surface area contributed by atoms with Crippen molar-refractivity contribution in [2.45, 2.75) is 0 Å². The normalized spacial score (nSPS) is 9.60. The lowest BCUT2D eigenvalue weighted by atomic mass is 10.3. The third-order valence-electron chi connectivity index (χ3n) is 1.81. The minimum atomic E-state index is -0.0129. The molecule has 0 aliphatic heterocycles. The second kappa shape index (κ2) is 5.38. The van der Waals surface area contributed by atoms with E-state index < -0.39 is 0 Å². The highest BCUT2D eigenvalue weighted by Crippen LogP contribution is 2.23. The van der Waals surface area contributed by atoms with Gasteiger partial charge in [-0.15, -0.1) is 0 Å². The van der Waals surface area contributed by atoms with Gasteiger partial charge in [-0.1, -0.05) is 36.4 Å². The minimum Gasteiger partial charge on any atom is -0.441 e. The molecule has 0 heterocycles. The lowest BCUT2D eigenvalue weighted by Crippen LogP contribution is -1.83. The first kappa shape index (κ1) is 10.0. The van der Waals surface area contributed by atoms with Crippen molar-refractivity contribution in [3.05, 3.63) is 60.7 Å². The number of rotatable bonds is 4.